The molecule has 0 aliphatic rings. The molecule has 0 saturated carbocycles. The van der Waals surface area contributed by atoms with E-state index < -0.39 is 0 Å². The summed E-state index contributed by atoms with van der Waals surface area (Å²) in [6.07, 6.45) is 0. The molecule has 2 N–H and O–H groups in total. The average molecular weight is 302 g/mol. The molecular formula is C15H14N2OS2. The van der Waals surface area contributed by atoms with E-state index in [1.54, 1.807) is 22.7 Å². The van der Waals surface area contributed by atoms with Gasteiger partial charge in [0, 0.05) is 10.9 Å². The van der Waals surface area contributed by atoms with Crippen LogP contribution in [0.1, 0.15) is 6.92 Å². The fraction of sp³-hybridized carbons (Fsp3) is 0.133. The zero-order valence-corrected chi connectivity index (χ0v) is 12.6. The lowest BCUT2D eigenvalue weighted by Gasteiger charge is -2.07. The Bertz CT molecular complexity index is 704. The summed E-state index contributed by atoms with van der Waals surface area (Å²) in [5.74, 6) is 0.728. The highest BCUT2D eigenvalue weighted by Crippen LogP contribution is 2.33. The average Bonchev–Trinajstić information content (AvgIpc) is 3.11. The molecule has 1 aromatic carbocycles. The van der Waals surface area contributed by atoms with Crippen molar-refractivity contribution < 1.29 is 4.74 Å². The van der Waals surface area contributed by atoms with E-state index in [4.69, 9.17) is 10.5 Å². The second kappa shape index (κ2) is 5.64. The number of thiophene rings is 1. The van der Waals surface area contributed by atoms with Gasteiger partial charge in [0.1, 0.15) is 10.8 Å². The largest absolute Gasteiger partial charge is 0.492 e. The molecule has 0 radical (unpaired) electrons. The van der Waals surface area contributed by atoms with Crippen LogP contribution < -0.4 is 10.5 Å². The Morgan fingerprint density at radius 3 is 2.85 bits per heavy atom. The summed E-state index contributed by atoms with van der Waals surface area (Å²) in [5, 5.41) is 5.11. The highest BCUT2D eigenvalue weighted by Gasteiger charge is 2.09. The Kier molecular flexibility index (Phi) is 3.71. The van der Waals surface area contributed by atoms with Crippen molar-refractivity contribution in [2.45, 2.75) is 6.92 Å². The summed E-state index contributed by atoms with van der Waals surface area (Å²) in [7, 11) is 0. The third kappa shape index (κ3) is 2.55. The fourth-order valence-electron chi connectivity index (χ4n) is 1.91. The Balaban J connectivity index is 1.92. The number of thiazole rings is 1. The molecule has 20 heavy (non-hydrogen) atoms. The predicted molar refractivity (Wildman–Crippen MR) is 86.4 cm³/mol. The maximum absolute atomic E-state index is 6.00. The normalized spacial score (nSPS) is 10.7. The van der Waals surface area contributed by atoms with Gasteiger partial charge in [-0.3, -0.25) is 0 Å². The third-order valence-electron chi connectivity index (χ3n) is 2.83. The van der Waals surface area contributed by atoms with Crippen molar-refractivity contribution in [3.63, 3.8) is 0 Å². The van der Waals surface area contributed by atoms with Crippen LogP contribution in [0.15, 0.2) is 41.1 Å². The van der Waals surface area contributed by atoms with Gasteiger partial charge < -0.3 is 10.5 Å². The van der Waals surface area contributed by atoms with Crippen LogP contribution in [-0.4, -0.2) is 11.6 Å². The number of nitrogens with zero attached hydrogens (tertiary/aromatic N) is 1. The number of aromatic nitrogens is 1. The van der Waals surface area contributed by atoms with Crippen molar-refractivity contribution in [2.75, 3.05) is 12.3 Å². The van der Waals surface area contributed by atoms with Crippen LogP contribution in [0.2, 0.25) is 0 Å². The second-order valence-electron chi connectivity index (χ2n) is 4.20. The van der Waals surface area contributed by atoms with Crippen molar-refractivity contribution in [3.8, 4) is 26.9 Å². The van der Waals surface area contributed by atoms with Gasteiger partial charge in [0.2, 0.25) is 0 Å². The van der Waals surface area contributed by atoms with Gasteiger partial charge in [0.05, 0.1) is 22.9 Å². The standard InChI is InChI=1S/C15H14N2OS2/c1-2-18-13-6-5-10(8-11(13)16)15-17-12(9-20-15)14-4-3-7-19-14/h3-9H,2,16H2,1H3. The minimum Gasteiger partial charge on any atom is -0.492 e. The van der Waals surface area contributed by atoms with Gasteiger partial charge in [-0.2, -0.15) is 0 Å². The molecule has 0 aliphatic carbocycles. The topological polar surface area (TPSA) is 48.1 Å². The maximum atomic E-state index is 6.00. The summed E-state index contributed by atoms with van der Waals surface area (Å²) < 4.78 is 5.45. The Labute approximate surface area is 125 Å². The van der Waals surface area contributed by atoms with Crippen LogP contribution in [0.4, 0.5) is 5.69 Å². The van der Waals surface area contributed by atoms with Crippen molar-refractivity contribution in [1.29, 1.82) is 0 Å². The van der Waals surface area contributed by atoms with E-state index in [1.807, 2.05) is 31.2 Å². The fourth-order valence-corrected chi connectivity index (χ4v) is 3.49. The summed E-state index contributed by atoms with van der Waals surface area (Å²) in [5.41, 5.74) is 8.70. The number of ether oxygens (including phenoxy) is 1. The summed E-state index contributed by atoms with van der Waals surface area (Å²) in [6, 6.07) is 9.94. The van der Waals surface area contributed by atoms with Gasteiger partial charge in [0.15, 0.2) is 0 Å². The molecule has 0 unspecified atom stereocenters. The van der Waals surface area contributed by atoms with E-state index in [-0.39, 0.29) is 0 Å². The first kappa shape index (κ1) is 13.1. The monoisotopic (exact) mass is 302 g/mol. The van der Waals surface area contributed by atoms with Crippen molar-refractivity contribution in [3.05, 3.63) is 41.1 Å². The minimum atomic E-state index is 0.614. The van der Waals surface area contributed by atoms with Crippen LogP contribution in [0.5, 0.6) is 5.75 Å². The van der Waals surface area contributed by atoms with Gasteiger partial charge in [-0.25, -0.2) is 4.98 Å². The number of hydrogen-bond acceptors (Lipinski definition) is 5. The van der Waals surface area contributed by atoms with E-state index >= 15 is 0 Å². The molecule has 3 nitrogen and oxygen atoms in total. The molecule has 0 spiro atoms. The molecule has 2 aromatic heterocycles. The maximum Gasteiger partial charge on any atom is 0.142 e. The van der Waals surface area contributed by atoms with E-state index in [1.165, 1.54) is 4.88 Å². The van der Waals surface area contributed by atoms with E-state index in [2.05, 4.69) is 21.8 Å². The first-order chi connectivity index (χ1) is 9.78. The molecule has 0 saturated heterocycles. The SMILES string of the molecule is CCOc1ccc(-c2nc(-c3cccs3)cs2)cc1N. The lowest BCUT2D eigenvalue weighted by Crippen LogP contribution is -1.96. The lowest BCUT2D eigenvalue weighted by atomic mass is 10.2. The molecule has 0 amide bonds. The van der Waals surface area contributed by atoms with Crippen molar-refractivity contribution in [2.24, 2.45) is 0 Å². The van der Waals surface area contributed by atoms with E-state index in [0.717, 1.165) is 22.0 Å². The number of hydrogen-bond donors (Lipinski definition) is 1. The number of anilines is 1. The van der Waals surface area contributed by atoms with Gasteiger partial charge in [-0.05, 0) is 36.6 Å². The van der Waals surface area contributed by atoms with E-state index in [0.29, 0.717) is 12.3 Å². The smallest absolute Gasteiger partial charge is 0.142 e. The quantitative estimate of drug-likeness (QED) is 0.721. The van der Waals surface area contributed by atoms with E-state index in [9.17, 15) is 0 Å². The summed E-state index contributed by atoms with van der Waals surface area (Å²) in [6.45, 7) is 2.56. The van der Waals surface area contributed by atoms with Gasteiger partial charge in [0.25, 0.3) is 0 Å². The molecule has 0 aliphatic heterocycles. The number of rotatable bonds is 4. The van der Waals surface area contributed by atoms with Crippen LogP contribution in [0.25, 0.3) is 21.1 Å². The molecular weight excluding hydrogens is 288 g/mol. The molecule has 3 rings (SSSR count). The summed E-state index contributed by atoms with van der Waals surface area (Å²) >= 11 is 3.32. The van der Waals surface area contributed by atoms with Gasteiger partial charge in [-0.15, -0.1) is 22.7 Å². The van der Waals surface area contributed by atoms with Crippen LogP contribution in [0, 0.1) is 0 Å². The zero-order chi connectivity index (χ0) is 13.9. The molecule has 3 aromatic rings. The molecule has 102 valence electrons. The third-order valence-corrected chi connectivity index (χ3v) is 4.62. The first-order valence-corrected chi connectivity index (χ1v) is 8.06. The highest BCUT2D eigenvalue weighted by atomic mass is 32.1. The van der Waals surface area contributed by atoms with Gasteiger partial charge in [-0.1, -0.05) is 6.07 Å². The molecule has 0 bridgehead atoms. The molecule has 5 heteroatoms. The molecule has 0 atom stereocenters. The number of nitrogen functional groups attached to an aromatic ring is 1. The van der Waals surface area contributed by atoms with Gasteiger partial charge >= 0.3 is 0 Å². The Morgan fingerprint density at radius 1 is 1.25 bits per heavy atom. The van der Waals surface area contributed by atoms with Crippen molar-refractivity contribution in [1.82, 2.24) is 4.98 Å². The summed E-state index contributed by atoms with van der Waals surface area (Å²) in [4.78, 5) is 5.86. The number of nitrogens with two attached hydrogens (primary N) is 1. The zero-order valence-electron chi connectivity index (χ0n) is 11.0. The van der Waals surface area contributed by atoms with Crippen LogP contribution >= 0.6 is 22.7 Å². The number of benzene rings is 1. The first-order valence-electron chi connectivity index (χ1n) is 6.30. The van der Waals surface area contributed by atoms with Crippen LogP contribution in [-0.2, 0) is 0 Å². The molecule has 0 fully saturated rings. The Morgan fingerprint density at radius 2 is 2.15 bits per heavy atom. The Hall–Kier alpha value is -1.85. The minimum absolute atomic E-state index is 0.614. The molecule has 2 heterocycles. The second-order valence-corrected chi connectivity index (χ2v) is 6.01. The highest BCUT2D eigenvalue weighted by molar-refractivity contribution is 7.15. The van der Waals surface area contributed by atoms with Crippen LogP contribution in [0.3, 0.4) is 0 Å². The predicted octanol–water partition coefficient (Wildman–Crippen LogP) is 4.52. The van der Waals surface area contributed by atoms with Crippen molar-refractivity contribution >= 4 is 28.4 Å². The lowest BCUT2D eigenvalue weighted by molar-refractivity contribution is 0.342.